The number of nitrogens with one attached hydrogen (secondary N) is 1. The summed E-state index contributed by atoms with van der Waals surface area (Å²) in [6.07, 6.45) is 0.786. The van der Waals surface area contributed by atoms with Crippen molar-refractivity contribution < 1.29 is 18.0 Å². The average molecular weight is 426 g/mol. The van der Waals surface area contributed by atoms with E-state index >= 15 is 0 Å². The standard InChI is InChI=1S/C23H21F3N4O/c1-3-16-10-17(14-27)12-19(11-16)22(31)28-20-5-4-18(21(13-20)23(24,25)26)15-30-8-6-29(2)7-9-30/h1,4-5,10-13H,6-9,15H2,2H3,(H,28,31). The second-order valence-corrected chi connectivity index (χ2v) is 7.46. The van der Waals surface area contributed by atoms with Gasteiger partial charge in [-0.15, -0.1) is 6.42 Å². The monoisotopic (exact) mass is 426 g/mol. The SMILES string of the molecule is C#Cc1cc(C#N)cc(C(=O)Nc2ccc(CN3CCN(C)CC3)c(C(F)(F)F)c2)c1. The molecule has 1 amide bonds. The number of alkyl halides is 3. The molecule has 0 unspecified atom stereocenters. The minimum Gasteiger partial charge on any atom is -0.322 e. The summed E-state index contributed by atoms with van der Waals surface area (Å²) in [5.74, 6) is 1.71. The first-order valence-corrected chi connectivity index (χ1v) is 9.64. The van der Waals surface area contributed by atoms with Crippen molar-refractivity contribution in [3.05, 3.63) is 64.2 Å². The molecule has 1 fully saturated rings. The van der Waals surface area contributed by atoms with Crippen LogP contribution >= 0.6 is 0 Å². The van der Waals surface area contributed by atoms with Gasteiger partial charge in [0.15, 0.2) is 0 Å². The normalized spacial score (nSPS) is 15.2. The number of likely N-dealkylation sites (N-methyl/N-ethyl adjacent to an activating group) is 1. The fraction of sp³-hybridized carbons (Fsp3) is 0.304. The van der Waals surface area contributed by atoms with E-state index in [1.807, 2.05) is 18.0 Å². The van der Waals surface area contributed by atoms with Gasteiger partial charge in [-0.1, -0.05) is 12.0 Å². The summed E-state index contributed by atoms with van der Waals surface area (Å²) in [7, 11) is 1.98. The highest BCUT2D eigenvalue weighted by atomic mass is 19.4. The third-order valence-electron chi connectivity index (χ3n) is 5.15. The minimum absolute atomic E-state index is 0.0177. The van der Waals surface area contributed by atoms with Gasteiger partial charge < -0.3 is 10.2 Å². The van der Waals surface area contributed by atoms with E-state index in [4.69, 9.17) is 11.7 Å². The van der Waals surface area contributed by atoms with E-state index in [-0.39, 0.29) is 28.9 Å². The first kappa shape index (κ1) is 22.4. The molecule has 2 aromatic rings. The van der Waals surface area contributed by atoms with Gasteiger partial charge in [-0.2, -0.15) is 18.4 Å². The molecule has 1 aliphatic rings. The Kier molecular flexibility index (Phi) is 6.65. The molecule has 0 aromatic heterocycles. The van der Waals surface area contributed by atoms with Crippen LogP contribution in [-0.4, -0.2) is 48.9 Å². The molecule has 160 valence electrons. The Morgan fingerprint density at radius 3 is 2.42 bits per heavy atom. The fourth-order valence-corrected chi connectivity index (χ4v) is 3.41. The molecule has 8 heteroatoms. The molecule has 0 radical (unpaired) electrons. The number of carbonyl (C=O) groups excluding carboxylic acids is 1. The molecule has 31 heavy (non-hydrogen) atoms. The first-order chi connectivity index (χ1) is 14.7. The first-order valence-electron chi connectivity index (χ1n) is 9.64. The topological polar surface area (TPSA) is 59.4 Å². The molecule has 1 aliphatic heterocycles. The van der Waals surface area contributed by atoms with Crippen LogP contribution in [0.25, 0.3) is 0 Å². The fourth-order valence-electron chi connectivity index (χ4n) is 3.41. The lowest BCUT2D eigenvalue weighted by molar-refractivity contribution is -0.138. The van der Waals surface area contributed by atoms with Crippen molar-refractivity contribution in [2.45, 2.75) is 12.7 Å². The van der Waals surface area contributed by atoms with Crippen molar-refractivity contribution in [3.63, 3.8) is 0 Å². The van der Waals surface area contributed by atoms with E-state index in [1.165, 1.54) is 30.3 Å². The van der Waals surface area contributed by atoms with Crippen molar-refractivity contribution in [2.24, 2.45) is 0 Å². The van der Waals surface area contributed by atoms with E-state index in [2.05, 4.69) is 16.1 Å². The lowest BCUT2D eigenvalue weighted by Crippen LogP contribution is -2.44. The lowest BCUT2D eigenvalue weighted by Gasteiger charge is -2.33. The summed E-state index contributed by atoms with van der Waals surface area (Å²) in [4.78, 5) is 16.7. The zero-order valence-corrected chi connectivity index (χ0v) is 17.0. The summed E-state index contributed by atoms with van der Waals surface area (Å²) >= 11 is 0. The Bertz CT molecular complexity index is 1030. The summed E-state index contributed by atoms with van der Waals surface area (Å²) in [6.45, 7) is 3.18. The Morgan fingerprint density at radius 1 is 1.13 bits per heavy atom. The third-order valence-corrected chi connectivity index (χ3v) is 5.15. The molecule has 0 saturated carbocycles. The van der Waals surface area contributed by atoms with Gasteiger partial charge >= 0.3 is 6.18 Å². The summed E-state index contributed by atoms with van der Waals surface area (Å²) in [6, 6.07) is 9.89. The number of rotatable bonds is 4. The quantitative estimate of drug-likeness (QED) is 0.760. The van der Waals surface area contributed by atoms with Crippen LogP contribution in [0.15, 0.2) is 36.4 Å². The van der Waals surface area contributed by atoms with Crippen LogP contribution in [0.4, 0.5) is 18.9 Å². The van der Waals surface area contributed by atoms with Gasteiger partial charge in [0, 0.05) is 49.5 Å². The number of benzene rings is 2. The second-order valence-electron chi connectivity index (χ2n) is 7.46. The van der Waals surface area contributed by atoms with Crippen LogP contribution in [0.1, 0.15) is 32.6 Å². The predicted octanol–water partition coefficient (Wildman–Crippen LogP) is 3.56. The number of halogens is 3. The van der Waals surface area contributed by atoms with E-state index in [0.29, 0.717) is 18.7 Å². The van der Waals surface area contributed by atoms with Crippen LogP contribution in [0.5, 0.6) is 0 Å². The van der Waals surface area contributed by atoms with Crippen molar-refractivity contribution in [3.8, 4) is 18.4 Å². The molecule has 0 aliphatic carbocycles. The van der Waals surface area contributed by atoms with Gasteiger partial charge in [0.05, 0.1) is 17.2 Å². The number of nitrogens with zero attached hydrogens (tertiary/aromatic N) is 3. The number of hydrogen-bond donors (Lipinski definition) is 1. The number of piperazine rings is 1. The molecule has 1 heterocycles. The van der Waals surface area contributed by atoms with Crippen LogP contribution in [-0.2, 0) is 12.7 Å². The highest BCUT2D eigenvalue weighted by Gasteiger charge is 2.34. The van der Waals surface area contributed by atoms with E-state index < -0.39 is 17.6 Å². The number of nitriles is 1. The zero-order valence-electron chi connectivity index (χ0n) is 17.0. The van der Waals surface area contributed by atoms with Crippen molar-refractivity contribution in [1.82, 2.24) is 9.80 Å². The molecule has 1 N–H and O–H groups in total. The minimum atomic E-state index is -4.56. The zero-order chi connectivity index (χ0) is 22.6. The lowest BCUT2D eigenvalue weighted by atomic mass is 10.0. The number of anilines is 1. The highest BCUT2D eigenvalue weighted by Crippen LogP contribution is 2.34. The molecule has 0 atom stereocenters. The van der Waals surface area contributed by atoms with E-state index in [1.54, 1.807) is 0 Å². The molecule has 0 spiro atoms. The number of hydrogen-bond acceptors (Lipinski definition) is 4. The van der Waals surface area contributed by atoms with E-state index in [0.717, 1.165) is 19.2 Å². The molecule has 1 saturated heterocycles. The Hall–Kier alpha value is -3.33. The number of terminal acetylenes is 1. The molecule has 2 aromatic carbocycles. The summed E-state index contributed by atoms with van der Waals surface area (Å²) in [5, 5.41) is 11.5. The average Bonchev–Trinajstić information content (AvgIpc) is 2.75. The highest BCUT2D eigenvalue weighted by molar-refractivity contribution is 6.04. The molecule has 3 rings (SSSR count). The van der Waals surface area contributed by atoms with Crippen molar-refractivity contribution in [1.29, 1.82) is 5.26 Å². The van der Waals surface area contributed by atoms with Gasteiger partial charge in [-0.05, 0) is 42.9 Å². The Balaban J connectivity index is 1.83. The Labute approximate surface area is 179 Å². The van der Waals surface area contributed by atoms with Crippen LogP contribution in [0, 0.1) is 23.7 Å². The molecule has 5 nitrogen and oxygen atoms in total. The van der Waals surface area contributed by atoms with Crippen molar-refractivity contribution in [2.75, 3.05) is 38.5 Å². The summed E-state index contributed by atoms with van der Waals surface area (Å²) in [5.41, 5.74) is 0.0309. The summed E-state index contributed by atoms with van der Waals surface area (Å²) < 4.78 is 41.1. The largest absolute Gasteiger partial charge is 0.416 e. The Morgan fingerprint density at radius 2 is 1.81 bits per heavy atom. The smallest absolute Gasteiger partial charge is 0.322 e. The second kappa shape index (κ2) is 9.22. The van der Waals surface area contributed by atoms with Crippen molar-refractivity contribution >= 4 is 11.6 Å². The van der Waals surface area contributed by atoms with Gasteiger partial charge in [0.25, 0.3) is 5.91 Å². The predicted molar refractivity (Wildman–Crippen MR) is 111 cm³/mol. The van der Waals surface area contributed by atoms with Gasteiger partial charge in [-0.25, -0.2) is 0 Å². The maximum Gasteiger partial charge on any atom is 0.416 e. The third kappa shape index (κ3) is 5.64. The van der Waals surface area contributed by atoms with Crippen LogP contribution in [0.2, 0.25) is 0 Å². The van der Waals surface area contributed by atoms with Crippen LogP contribution < -0.4 is 5.32 Å². The molecular weight excluding hydrogens is 405 g/mol. The number of carbonyl (C=O) groups is 1. The molecular formula is C23H21F3N4O. The maximum atomic E-state index is 13.7. The van der Waals surface area contributed by atoms with Gasteiger partial charge in [0.1, 0.15) is 0 Å². The van der Waals surface area contributed by atoms with Gasteiger partial charge in [0.2, 0.25) is 0 Å². The van der Waals surface area contributed by atoms with E-state index in [9.17, 15) is 18.0 Å². The van der Waals surface area contributed by atoms with Crippen LogP contribution in [0.3, 0.4) is 0 Å². The number of amides is 1. The molecule has 0 bridgehead atoms. The van der Waals surface area contributed by atoms with Gasteiger partial charge in [-0.3, -0.25) is 9.69 Å². The maximum absolute atomic E-state index is 13.7.